The first-order valence-corrected chi connectivity index (χ1v) is 7.45. The number of hydrogen-bond acceptors (Lipinski definition) is 6. The molecule has 0 spiro atoms. The van der Waals surface area contributed by atoms with Crippen molar-refractivity contribution in [2.45, 2.75) is 34.1 Å². The lowest BCUT2D eigenvalue weighted by atomic mass is 10.4. The smallest absolute Gasteiger partial charge is 0.333 e. The Bertz CT molecular complexity index is 484. The summed E-state index contributed by atoms with van der Waals surface area (Å²) in [5, 5.41) is 7.60. The molecule has 0 aliphatic carbocycles. The van der Waals surface area contributed by atoms with E-state index in [2.05, 4.69) is 31.1 Å². The second-order valence-electron chi connectivity index (χ2n) is 4.55. The number of aliphatic carboxylic acids is 1. The molecule has 26 heavy (non-hydrogen) atoms. The van der Waals surface area contributed by atoms with E-state index in [1.807, 2.05) is 6.92 Å². The van der Waals surface area contributed by atoms with E-state index in [9.17, 15) is 19.2 Å². The van der Waals surface area contributed by atoms with Gasteiger partial charge in [-0.1, -0.05) is 33.2 Å². The lowest BCUT2D eigenvalue weighted by molar-refractivity contribution is -0.139. The van der Waals surface area contributed by atoms with Gasteiger partial charge in [-0.05, 0) is 33.3 Å². The fraction of sp³-hybridized carbons (Fsp3) is 0.368. The Hall–Kier alpha value is -2.96. The zero-order chi connectivity index (χ0) is 21.7. The average Bonchev–Trinajstić information content (AvgIpc) is 2.59. The van der Waals surface area contributed by atoms with Crippen molar-refractivity contribution in [2.75, 3.05) is 13.7 Å². The van der Waals surface area contributed by atoms with E-state index in [-0.39, 0.29) is 17.7 Å². The van der Waals surface area contributed by atoms with Crippen LogP contribution in [0.25, 0.3) is 0 Å². The number of carbonyl (C=O) groups excluding carboxylic acids is 3. The highest BCUT2D eigenvalue weighted by molar-refractivity contribution is 5.87. The SMILES string of the molecule is C=C(C)C(=O)OC.C=C(C)C(=O)OCCC.C=CC(=O)O.C=CC(C)=O. The van der Waals surface area contributed by atoms with Gasteiger partial charge in [-0.15, -0.1) is 0 Å². The predicted octanol–water partition coefficient (Wildman–Crippen LogP) is 3.27. The van der Waals surface area contributed by atoms with Gasteiger partial charge in [0.15, 0.2) is 5.78 Å². The Kier molecular flexibility index (Phi) is 26.2. The summed E-state index contributed by atoms with van der Waals surface area (Å²) < 4.78 is 8.99. The molecule has 0 fully saturated rings. The van der Waals surface area contributed by atoms with E-state index in [4.69, 9.17) is 9.84 Å². The van der Waals surface area contributed by atoms with Crippen molar-refractivity contribution in [2.24, 2.45) is 0 Å². The number of carbonyl (C=O) groups is 4. The average molecular weight is 370 g/mol. The van der Waals surface area contributed by atoms with Crippen LogP contribution >= 0.6 is 0 Å². The van der Waals surface area contributed by atoms with Crippen molar-refractivity contribution in [3.63, 3.8) is 0 Å². The zero-order valence-electron chi connectivity index (χ0n) is 16.3. The molecule has 7 nitrogen and oxygen atoms in total. The first-order chi connectivity index (χ1) is 11.9. The number of ketones is 1. The normalized spacial score (nSPS) is 7.58. The van der Waals surface area contributed by atoms with Crippen molar-refractivity contribution in [3.8, 4) is 0 Å². The molecule has 0 saturated carbocycles. The molecule has 0 bridgehead atoms. The largest absolute Gasteiger partial charge is 0.478 e. The van der Waals surface area contributed by atoms with Crippen molar-refractivity contribution in [1.82, 2.24) is 0 Å². The summed E-state index contributed by atoms with van der Waals surface area (Å²) in [7, 11) is 1.33. The maximum Gasteiger partial charge on any atom is 0.333 e. The minimum Gasteiger partial charge on any atom is -0.478 e. The number of carboxylic acid groups (broad SMARTS) is 1. The minimum atomic E-state index is -0.981. The van der Waals surface area contributed by atoms with E-state index >= 15 is 0 Å². The van der Waals surface area contributed by atoms with Crippen LogP contribution in [-0.2, 0) is 28.7 Å². The molecule has 0 atom stereocenters. The number of hydrogen-bond donors (Lipinski definition) is 1. The fourth-order valence-corrected chi connectivity index (χ4v) is 0.492. The van der Waals surface area contributed by atoms with Crippen LogP contribution in [-0.4, -0.2) is 42.5 Å². The third-order valence-corrected chi connectivity index (χ3v) is 1.78. The molecular weight excluding hydrogens is 340 g/mol. The summed E-state index contributed by atoms with van der Waals surface area (Å²) in [6, 6.07) is 0. The molecule has 0 unspecified atom stereocenters. The lowest BCUT2D eigenvalue weighted by Gasteiger charge is -1.99. The third-order valence-electron chi connectivity index (χ3n) is 1.78. The lowest BCUT2D eigenvalue weighted by Crippen LogP contribution is -2.04. The standard InChI is InChI=1S/C7H12O2.C5H8O2.C4H6O.C3H4O2/c1-4-5-9-7(8)6(2)3;1-4(2)5(6)7-3;1-3-4(2)5;1-2-3(4)5/h2,4-5H2,1,3H3;1H2,2-3H3;3H,1H2,2H3;2H,1H2,(H,4,5). The number of allylic oxidation sites excluding steroid dienone is 1. The Balaban J connectivity index is -0.000000128. The molecule has 0 aromatic carbocycles. The summed E-state index contributed by atoms with van der Waals surface area (Å²) in [6.45, 7) is 20.1. The van der Waals surface area contributed by atoms with Gasteiger partial charge in [0.25, 0.3) is 0 Å². The maximum atomic E-state index is 10.6. The van der Waals surface area contributed by atoms with Gasteiger partial charge in [0.1, 0.15) is 0 Å². The van der Waals surface area contributed by atoms with Crippen molar-refractivity contribution in [1.29, 1.82) is 0 Å². The van der Waals surface area contributed by atoms with Gasteiger partial charge in [-0.3, -0.25) is 4.79 Å². The van der Waals surface area contributed by atoms with Crippen LogP contribution in [0.15, 0.2) is 49.6 Å². The molecular formula is C19H30O7. The molecule has 0 amide bonds. The van der Waals surface area contributed by atoms with Crippen LogP contribution in [0, 0.1) is 0 Å². The van der Waals surface area contributed by atoms with Crippen LogP contribution < -0.4 is 0 Å². The molecule has 0 aromatic rings. The molecule has 0 aliphatic heterocycles. The number of carboxylic acids is 1. The van der Waals surface area contributed by atoms with Crippen LogP contribution in [0.1, 0.15) is 34.1 Å². The molecule has 0 aromatic heterocycles. The highest BCUT2D eigenvalue weighted by atomic mass is 16.5. The molecule has 1 N–H and O–H groups in total. The Labute approximate surface area is 155 Å². The molecule has 148 valence electrons. The van der Waals surface area contributed by atoms with Gasteiger partial charge in [-0.25, -0.2) is 14.4 Å². The predicted molar refractivity (Wildman–Crippen MR) is 102 cm³/mol. The van der Waals surface area contributed by atoms with Crippen LogP contribution in [0.4, 0.5) is 0 Å². The summed E-state index contributed by atoms with van der Waals surface area (Å²) in [6.07, 6.45) is 2.97. The van der Waals surface area contributed by atoms with Gasteiger partial charge in [-0.2, -0.15) is 0 Å². The summed E-state index contributed by atoms with van der Waals surface area (Å²) in [5.74, 6) is -1.60. The molecule has 7 heteroatoms. The first-order valence-electron chi connectivity index (χ1n) is 7.45. The van der Waals surface area contributed by atoms with E-state index in [1.54, 1.807) is 13.8 Å². The van der Waals surface area contributed by atoms with Crippen LogP contribution in [0.3, 0.4) is 0 Å². The Morgan fingerprint density at radius 1 is 0.923 bits per heavy atom. The quantitative estimate of drug-likeness (QED) is 0.565. The molecule has 0 aliphatic rings. The van der Waals surface area contributed by atoms with Gasteiger partial charge in [0, 0.05) is 17.2 Å². The molecule has 0 rings (SSSR count). The summed E-state index contributed by atoms with van der Waals surface area (Å²) in [4.78, 5) is 39.7. The third kappa shape index (κ3) is 37.4. The van der Waals surface area contributed by atoms with Gasteiger partial charge in [0.05, 0.1) is 13.7 Å². The summed E-state index contributed by atoms with van der Waals surface area (Å²) >= 11 is 0. The number of ether oxygens (including phenoxy) is 2. The fourth-order valence-electron chi connectivity index (χ4n) is 0.492. The van der Waals surface area contributed by atoms with Crippen molar-refractivity contribution < 1.29 is 33.8 Å². The molecule has 0 radical (unpaired) electrons. The Morgan fingerprint density at radius 2 is 1.27 bits per heavy atom. The Morgan fingerprint density at radius 3 is 1.38 bits per heavy atom. The first kappa shape index (κ1) is 30.9. The molecule has 0 saturated heterocycles. The van der Waals surface area contributed by atoms with Gasteiger partial charge >= 0.3 is 17.9 Å². The van der Waals surface area contributed by atoms with E-state index < -0.39 is 5.97 Å². The highest BCUT2D eigenvalue weighted by Crippen LogP contribution is 1.91. The van der Waals surface area contributed by atoms with Crippen molar-refractivity contribution in [3.05, 3.63) is 49.6 Å². The number of esters is 2. The van der Waals surface area contributed by atoms with Gasteiger partial charge in [0.2, 0.25) is 0 Å². The number of rotatable bonds is 6. The minimum absolute atomic E-state index is 0.0185. The van der Waals surface area contributed by atoms with Crippen LogP contribution in [0.5, 0.6) is 0 Å². The van der Waals surface area contributed by atoms with E-state index in [1.165, 1.54) is 20.1 Å². The zero-order valence-corrected chi connectivity index (χ0v) is 16.3. The van der Waals surface area contributed by atoms with E-state index in [0.717, 1.165) is 12.5 Å². The second-order valence-corrected chi connectivity index (χ2v) is 4.55. The maximum absolute atomic E-state index is 10.6. The second kappa shape index (κ2) is 22.0. The monoisotopic (exact) mass is 370 g/mol. The van der Waals surface area contributed by atoms with Crippen LogP contribution in [0.2, 0.25) is 0 Å². The van der Waals surface area contributed by atoms with Crippen molar-refractivity contribution >= 4 is 23.7 Å². The van der Waals surface area contributed by atoms with Gasteiger partial charge < -0.3 is 14.6 Å². The topological polar surface area (TPSA) is 107 Å². The molecule has 0 heterocycles. The highest BCUT2D eigenvalue weighted by Gasteiger charge is 1.99. The van der Waals surface area contributed by atoms with E-state index in [0.29, 0.717) is 17.8 Å². The number of methoxy groups -OCH3 is 1. The summed E-state index contributed by atoms with van der Waals surface area (Å²) in [5.41, 5.74) is 0.894.